The van der Waals surface area contributed by atoms with E-state index in [1.54, 1.807) is 34.4 Å². The standard InChI is InChI=1S/C27H25FN4OS/c28-19-5-3-4-17(12-19)14-29-20-8-9-22-24(13-20)34-26-25(22)27(33)32(16-31-26)11-10-18-15-30-23-7-2-1-6-21(18)23/h1-7,12,15-16,20,29-30H,8-11,13-14H2. The fourth-order valence-corrected chi connectivity index (χ4v) is 6.28. The molecule has 0 aliphatic heterocycles. The van der Waals surface area contributed by atoms with E-state index in [1.807, 2.05) is 24.4 Å². The number of aromatic amines is 1. The SMILES string of the molecule is O=c1c2c3c(sc2ncn1CCc1c[nH]c2ccccc12)CC(NCc1cccc(F)c1)CC3. The van der Waals surface area contributed by atoms with Gasteiger partial charge in [-0.15, -0.1) is 11.3 Å². The lowest BCUT2D eigenvalue weighted by molar-refractivity contribution is 0.462. The van der Waals surface area contributed by atoms with Crippen LogP contribution >= 0.6 is 11.3 Å². The summed E-state index contributed by atoms with van der Waals surface area (Å²) in [5.74, 6) is -0.207. The highest BCUT2D eigenvalue weighted by molar-refractivity contribution is 7.18. The fraction of sp³-hybridized carbons (Fsp3) is 0.259. The van der Waals surface area contributed by atoms with E-state index in [-0.39, 0.29) is 11.4 Å². The number of halogens is 1. The maximum Gasteiger partial charge on any atom is 0.262 e. The minimum Gasteiger partial charge on any atom is -0.361 e. The Morgan fingerprint density at radius 1 is 1.21 bits per heavy atom. The van der Waals surface area contributed by atoms with Crippen LogP contribution in [-0.2, 0) is 32.4 Å². The summed E-state index contributed by atoms with van der Waals surface area (Å²) in [4.78, 5) is 23.4. The van der Waals surface area contributed by atoms with Gasteiger partial charge in [0, 0.05) is 41.1 Å². The molecule has 0 saturated carbocycles. The number of benzene rings is 2. The molecule has 0 amide bonds. The highest BCUT2D eigenvalue weighted by Crippen LogP contribution is 2.33. The molecule has 0 fully saturated rings. The van der Waals surface area contributed by atoms with E-state index < -0.39 is 0 Å². The summed E-state index contributed by atoms with van der Waals surface area (Å²) in [5.41, 5.74) is 4.51. The van der Waals surface area contributed by atoms with Crippen molar-refractivity contribution in [1.29, 1.82) is 0 Å². The summed E-state index contributed by atoms with van der Waals surface area (Å²) in [6.45, 7) is 1.24. The first-order valence-corrected chi connectivity index (χ1v) is 12.5. The molecule has 5 nitrogen and oxygen atoms in total. The summed E-state index contributed by atoms with van der Waals surface area (Å²) in [7, 11) is 0. The lowest BCUT2D eigenvalue weighted by Gasteiger charge is -2.23. The Morgan fingerprint density at radius 3 is 3.03 bits per heavy atom. The number of nitrogens with one attached hydrogen (secondary N) is 2. The topological polar surface area (TPSA) is 62.7 Å². The Balaban J connectivity index is 1.20. The maximum absolute atomic E-state index is 13.5. The molecule has 0 radical (unpaired) electrons. The van der Waals surface area contributed by atoms with Crippen molar-refractivity contribution in [2.24, 2.45) is 0 Å². The molecule has 172 valence electrons. The molecule has 0 saturated heterocycles. The number of aryl methyl sites for hydroxylation is 3. The van der Waals surface area contributed by atoms with E-state index in [0.29, 0.717) is 19.1 Å². The van der Waals surface area contributed by atoms with E-state index in [2.05, 4.69) is 27.4 Å². The fourth-order valence-electron chi connectivity index (χ4n) is 5.02. The van der Waals surface area contributed by atoms with E-state index in [4.69, 9.17) is 0 Å². The zero-order chi connectivity index (χ0) is 23.1. The monoisotopic (exact) mass is 472 g/mol. The molecule has 2 aromatic carbocycles. The number of fused-ring (bicyclic) bond motifs is 4. The molecule has 34 heavy (non-hydrogen) atoms. The van der Waals surface area contributed by atoms with Crippen molar-refractivity contribution in [3.8, 4) is 0 Å². The number of para-hydroxylation sites is 1. The number of hydrogen-bond donors (Lipinski definition) is 2. The van der Waals surface area contributed by atoms with E-state index >= 15 is 0 Å². The normalized spacial score (nSPS) is 15.7. The van der Waals surface area contributed by atoms with Crippen molar-refractivity contribution in [2.45, 2.75) is 44.8 Å². The molecule has 3 aromatic heterocycles. The predicted molar refractivity (Wildman–Crippen MR) is 135 cm³/mol. The van der Waals surface area contributed by atoms with Gasteiger partial charge >= 0.3 is 0 Å². The average molecular weight is 473 g/mol. The summed E-state index contributed by atoms with van der Waals surface area (Å²) in [6, 6.07) is 15.3. The van der Waals surface area contributed by atoms with Gasteiger partial charge in [-0.1, -0.05) is 30.3 Å². The lowest BCUT2D eigenvalue weighted by Crippen LogP contribution is -2.33. The van der Waals surface area contributed by atoms with Gasteiger partial charge in [0.1, 0.15) is 10.6 Å². The van der Waals surface area contributed by atoms with Crippen LogP contribution < -0.4 is 10.9 Å². The molecule has 0 bridgehead atoms. The summed E-state index contributed by atoms with van der Waals surface area (Å²) >= 11 is 1.64. The molecule has 1 aliphatic rings. The van der Waals surface area contributed by atoms with Crippen molar-refractivity contribution < 1.29 is 4.39 Å². The third-order valence-electron chi connectivity index (χ3n) is 6.82. The van der Waals surface area contributed by atoms with Crippen LogP contribution in [0.1, 0.15) is 28.0 Å². The minimum absolute atomic E-state index is 0.0634. The van der Waals surface area contributed by atoms with Gasteiger partial charge in [-0.2, -0.15) is 0 Å². The first kappa shape index (κ1) is 21.3. The van der Waals surface area contributed by atoms with Crippen LogP contribution in [0.5, 0.6) is 0 Å². The van der Waals surface area contributed by atoms with Crippen LogP contribution in [0.4, 0.5) is 4.39 Å². The zero-order valence-corrected chi connectivity index (χ0v) is 19.5. The molecule has 6 rings (SSSR count). The number of nitrogens with zero attached hydrogens (tertiary/aromatic N) is 2. The molecule has 1 aliphatic carbocycles. The third kappa shape index (κ3) is 3.95. The Labute approximate surface area is 200 Å². The molecule has 5 aromatic rings. The Morgan fingerprint density at radius 2 is 2.12 bits per heavy atom. The van der Waals surface area contributed by atoms with Crippen molar-refractivity contribution in [3.63, 3.8) is 0 Å². The lowest BCUT2D eigenvalue weighted by atomic mass is 9.93. The number of H-pyrrole nitrogens is 1. The van der Waals surface area contributed by atoms with Crippen molar-refractivity contribution in [1.82, 2.24) is 19.9 Å². The minimum atomic E-state index is -0.207. The molecule has 0 spiro atoms. The van der Waals surface area contributed by atoms with Gasteiger partial charge in [0.15, 0.2) is 0 Å². The second-order valence-electron chi connectivity index (χ2n) is 8.99. The molecular weight excluding hydrogens is 447 g/mol. The number of rotatable bonds is 6. The van der Waals surface area contributed by atoms with Gasteiger partial charge in [0.25, 0.3) is 5.56 Å². The van der Waals surface area contributed by atoms with E-state index in [9.17, 15) is 9.18 Å². The summed E-state index contributed by atoms with van der Waals surface area (Å²) in [5, 5.41) is 5.56. The quantitative estimate of drug-likeness (QED) is 0.367. The average Bonchev–Trinajstić information content (AvgIpc) is 3.43. The molecule has 2 N–H and O–H groups in total. The van der Waals surface area contributed by atoms with Crippen LogP contribution in [0, 0.1) is 5.82 Å². The Kier molecular flexibility index (Phi) is 5.51. The number of aromatic nitrogens is 3. The molecule has 1 atom stereocenters. The van der Waals surface area contributed by atoms with Gasteiger partial charge < -0.3 is 10.3 Å². The van der Waals surface area contributed by atoms with Crippen molar-refractivity contribution in [3.05, 3.63) is 98.8 Å². The van der Waals surface area contributed by atoms with Gasteiger partial charge in [0.2, 0.25) is 0 Å². The van der Waals surface area contributed by atoms with E-state index in [0.717, 1.165) is 47.0 Å². The number of hydrogen-bond acceptors (Lipinski definition) is 4. The summed E-state index contributed by atoms with van der Waals surface area (Å²) < 4.78 is 15.2. The highest BCUT2D eigenvalue weighted by atomic mass is 32.1. The molecule has 1 unspecified atom stereocenters. The van der Waals surface area contributed by atoms with Gasteiger partial charge in [-0.25, -0.2) is 9.37 Å². The van der Waals surface area contributed by atoms with Crippen molar-refractivity contribution >= 4 is 32.5 Å². The first-order valence-electron chi connectivity index (χ1n) is 11.7. The van der Waals surface area contributed by atoms with Gasteiger partial charge in [-0.05, 0) is 60.6 Å². The third-order valence-corrected chi connectivity index (χ3v) is 7.98. The number of thiophene rings is 1. The van der Waals surface area contributed by atoms with Crippen LogP contribution in [0.3, 0.4) is 0 Å². The smallest absolute Gasteiger partial charge is 0.262 e. The second kappa shape index (κ2) is 8.81. The van der Waals surface area contributed by atoms with Crippen LogP contribution in [0.15, 0.2) is 65.8 Å². The Bertz CT molecular complexity index is 1550. The molecular formula is C27H25FN4OS. The van der Waals surface area contributed by atoms with Gasteiger partial charge in [-0.3, -0.25) is 9.36 Å². The predicted octanol–water partition coefficient (Wildman–Crippen LogP) is 4.97. The first-order chi connectivity index (χ1) is 16.7. The highest BCUT2D eigenvalue weighted by Gasteiger charge is 2.25. The van der Waals surface area contributed by atoms with Crippen LogP contribution in [-0.4, -0.2) is 20.6 Å². The van der Waals surface area contributed by atoms with Crippen LogP contribution in [0.25, 0.3) is 21.1 Å². The van der Waals surface area contributed by atoms with E-state index in [1.165, 1.54) is 27.5 Å². The molecule has 3 heterocycles. The largest absolute Gasteiger partial charge is 0.361 e. The van der Waals surface area contributed by atoms with Crippen LogP contribution in [0.2, 0.25) is 0 Å². The van der Waals surface area contributed by atoms with Crippen molar-refractivity contribution in [2.75, 3.05) is 0 Å². The van der Waals surface area contributed by atoms with Gasteiger partial charge in [0.05, 0.1) is 11.7 Å². The summed E-state index contributed by atoms with van der Waals surface area (Å²) in [6.07, 6.45) is 7.19. The molecule has 7 heteroatoms. The zero-order valence-electron chi connectivity index (χ0n) is 18.7. The second-order valence-corrected chi connectivity index (χ2v) is 10.1. The Hall–Kier alpha value is -3.29. The maximum atomic E-state index is 13.5.